The zero-order valence-electron chi connectivity index (χ0n) is 10.6. The van der Waals surface area contributed by atoms with Crippen LogP contribution < -0.4 is 11.1 Å². The molecule has 1 aromatic rings. The Bertz CT molecular complexity index is 365. The third-order valence-electron chi connectivity index (χ3n) is 2.64. The molecule has 0 fully saturated rings. The SMILES string of the molecule is CCCCCC(C)Nc1cccc(C(N)=S)n1. The van der Waals surface area contributed by atoms with E-state index in [1.165, 1.54) is 19.3 Å². The predicted octanol–water partition coefficient (Wildman–Crippen LogP) is 3.10. The zero-order chi connectivity index (χ0) is 12.7. The number of nitrogens with two attached hydrogens (primary N) is 1. The number of pyridine rings is 1. The molecule has 1 aromatic heterocycles. The summed E-state index contributed by atoms with van der Waals surface area (Å²) in [5, 5.41) is 3.37. The average molecular weight is 251 g/mol. The molecule has 0 saturated carbocycles. The van der Waals surface area contributed by atoms with Gasteiger partial charge in [0.05, 0.1) is 5.69 Å². The average Bonchev–Trinajstić information content (AvgIpc) is 2.29. The quantitative estimate of drug-likeness (QED) is 0.577. The molecule has 0 aliphatic rings. The van der Waals surface area contributed by atoms with Gasteiger partial charge in [-0.05, 0) is 25.5 Å². The van der Waals surface area contributed by atoms with Crippen LogP contribution in [0.15, 0.2) is 18.2 Å². The van der Waals surface area contributed by atoms with Crippen molar-refractivity contribution in [2.75, 3.05) is 5.32 Å². The zero-order valence-corrected chi connectivity index (χ0v) is 11.4. The Hall–Kier alpha value is -1.16. The van der Waals surface area contributed by atoms with E-state index in [1.807, 2.05) is 18.2 Å². The lowest BCUT2D eigenvalue weighted by Crippen LogP contribution is -2.18. The first-order valence-electron chi connectivity index (χ1n) is 6.17. The maximum atomic E-state index is 5.55. The van der Waals surface area contributed by atoms with Crippen molar-refractivity contribution in [2.45, 2.75) is 45.6 Å². The molecule has 3 nitrogen and oxygen atoms in total. The number of nitrogens with zero attached hydrogens (tertiary/aromatic N) is 1. The third kappa shape index (κ3) is 5.13. The second-order valence-corrected chi connectivity index (χ2v) is 4.75. The fourth-order valence-electron chi connectivity index (χ4n) is 1.68. The molecule has 17 heavy (non-hydrogen) atoms. The molecule has 1 atom stereocenters. The minimum absolute atomic E-state index is 0.340. The fourth-order valence-corrected chi connectivity index (χ4v) is 1.79. The largest absolute Gasteiger partial charge is 0.388 e. The van der Waals surface area contributed by atoms with Crippen molar-refractivity contribution in [3.63, 3.8) is 0 Å². The number of anilines is 1. The molecule has 0 amide bonds. The van der Waals surface area contributed by atoms with Gasteiger partial charge in [-0.1, -0.05) is 44.5 Å². The molecule has 4 heteroatoms. The molecule has 0 spiro atoms. The van der Waals surface area contributed by atoms with E-state index in [0.29, 0.717) is 16.7 Å². The Morgan fingerprint density at radius 1 is 1.47 bits per heavy atom. The molecular formula is C13H21N3S. The predicted molar refractivity (Wildman–Crippen MR) is 77.4 cm³/mol. The maximum absolute atomic E-state index is 5.55. The fraction of sp³-hybridized carbons (Fsp3) is 0.538. The summed E-state index contributed by atoms with van der Waals surface area (Å²) in [6.45, 7) is 4.39. The molecule has 0 aliphatic heterocycles. The van der Waals surface area contributed by atoms with Crippen molar-refractivity contribution in [1.82, 2.24) is 4.98 Å². The molecule has 1 unspecified atom stereocenters. The summed E-state index contributed by atoms with van der Waals surface area (Å²) in [4.78, 5) is 4.70. The third-order valence-corrected chi connectivity index (χ3v) is 2.85. The van der Waals surface area contributed by atoms with Crippen LogP contribution in [0.2, 0.25) is 0 Å². The van der Waals surface area contributed by atoms with Crippen molar-refractivity contribution >= 4 is 23.0 Å². The molecule has 1 heterocycles. The first kappa shape index (κ1) is 13.9. The lowest BCUT2D eigenvalue weighted by molar-refractivity contribution is 0.614. The number of hydrogen-bond acceptors (Lipinski definition) is 3. The van der Waals surface area contributed by atoms with Crippen LogP contribution in [0.4, 0.5) is 5.82 Å². The van der Waals surface area contributed by atoms with Gasteiger partial charge < -0.3 is 11.1 Å². The highest BCUT2D eigenvalue weighted by Gasteiger charge is 2.04. The number of rotatable bonds is 7. The van der Waals surface area contributed by atoms with Gasteiger partial charge in [-0.15, -0.1) is 0 Å². The van der Waals surface area contributed by atoms with Gasteiger partial charge in [-0.3, -0.25) is 0 Å². The minimum atomic E-state index is 0.340. The molecule has 0 bridgehead atoms. The highest BCUT2D eigenvalue weighted by atomic mass is 32.1. The highest BCUT2D eigenvalue weighted by molar-refractivity contribution is 7.80. The number of aromatic nitrogens is 1. The van der Waals surface area contributed by atoms with Crippen LogP contribution in [0.3, 0.4) is 0 Å². The van der Waals surface area contributed by atoms with Crippen LogP contribution in [0.25, 0.3) is 0 Å². The number of nitrogens with one attached hydrogen (secondary N) is 1. The van der Waals surface area contributed by atoms with Crippen molar-refractivity contribution in [1.29, 1.82) is 0 Å². The highest BCUT2D eigenvalue weighted by Crippen LogP contribution is 2.10. The summed E-state index contributed by atoms with van der Waals surface area (Å²) < 4.78 is 0. The van der Waals surface area contributed by atoms with E-state index in [9.17, 15) is 0 Å². The second-order valence-electron chi connectivity index (χ2n) is 4.31. The Morgan fingerprint density at radius 3 is 2.88 bits per heavy atom. The van der Waals surface area contributed by atoms with Crippen molar-refractivity contribution in [3.05, 3.63) is 23.9 Å². The summed E-state index contributed by atoms with van der Waals surface area (Å²) in [6.07, 6.45) is 4.95. The first-order chi connectivity index (χ1) is 8.13. The molecule has 1 rings (SSSR count). The van der Waals surface area contributed by atoms with E-state index in [-0.39, 0.29) is 0 Å². The van der Waals surface area contributed by atoms with Gasteiger partial charge in [0.25, 0.3) is 0 Å². The molecule has 0 aromatic carbocycles. The maximum Gasteiger partial charge on any atom is 0.126 e. The van der Waals surface area contributed by atoms with Crippen LogP contribution in [0.1, 0.15) is 45.2 Å². The van der Waals surface area contributed by atoms with Crippen molar-refractivity contribution < 1.29 is 0 Å². The van der Waals surface area contributed by atoms with Crippen LogP contribution in [-0.2, 0) is 0 Å². The van der Waals surface area contributed by atoms with E-state index < -0.39 is 0 Å². The molecule has 0 aliphatic carbocycles. The molecular weight excluding hydrogens is 230 g/mol. The summed E-state index contributed by atoms with van der Waals surface area (Å²) in [6, 6.07) is 6.12. The van der Waals surface area contributed by atoms with Crippen molar-refractivity contribution in [2.24, 2.45) is 5.73 Å². The standard InChI is InChI=1S/C13H21N3S/c1-3-4-5-7-10(2)15-12-9-6-8-11(16-12)13(14)17/h6,8-10H,3-5,7H2,1-2H3,(H2,14,17)(H,15,16). The Morgan fingerprint density at radius 2 is 2.24 bits per heavy atom. The minimum Gasteiger partial charge on any atom is -0.388 e. The lowest BCUT2D eigenvalue weighted by Gasteiger charge is -2.14. The van der Waals surface area contributed by atoms with E-state index in [1.54, 1.807) is 0 Å². The van der Waals surface area contributed by atoms with Gasteiger partial charge in [0.15, 0.2) is 0 Å². The summed E-state index contributed by atoms with van der Waals surface area (Å²) in [5.74, 6) is 0.847. The summed E-state index contributed by atoms with van der Waals surface area (Å²) in [5.41, 5.74) is 6.22. The van der Waals surface area contributed by atoms with Gasteiger partial charge in [-0.25, -0.2) is 4.98 Å². The van der Waals surface area contributed by atoms with E-state index in [4.69, 9.17) is 18.0 Å². The number of thiocarbonyl (C=S) groups is 1. The molecule has 94 valence electrons. The molecule has 0 saturated heterocycles. The Balaban J connectivity index is 2.50. The Kier molecular flexibility index (Phi) is 5.91. The van der Waals surface area contributed by atoms with Gasteiger partial charge in [0.2, 0.25) is 0 Å². The second kappa shape index (κ2) is 7.22. The smallest absolute Gasteiger partial charge is 0.126 e. The van der Waals surface area contributed by atoms with Crippen LogP contribution in [0.5, 0.6) is 0 Å². The first-order valence-corrected chi connectivity index (χ1v) is 6.57. The molecule has 0 radical (unpaired) electrons. The van der Waals surface area contributed by atoms with Gasteiger partial charge in [0, 0.05) is 6.04 Å². The Labute approximate surface area is 109 Å². The number of unbranched alkanes of at least 4 members (excludes halogenated alkanes) is 2. The van der Waals surface area contributed by atoms with Crippen molar-refractivity contribution in [3.8, 4) is 0 Å². The summed E-state index contributed by atoms with van der Waals surface area (Å²) in [7, 11) is 0. The normalized spacial score (nSPS) is 12.1. The van der Waals surface area contributed by atoms with Crippen LogP contribution in [0, 0.1) is 0 Å². The van der Waals surface area contributed by atoms with E-state index in [2.05, 4.69) is 24.1 Å². The monoisotopic (exact) mass is 251 g/mol. The number of hydrogen-bond donors (Lipinski definition) is 2. The van der Waals surface area contributed by atoms with E-state index in [0.717, 1.165) is 12.2 Å². The van der Waals surface area contributed by atoms with Crippen LogP contribution >= 0.6 is 12.2 Å². The van der Waals surface area contributed by atoms with Gasteiger partial charge in [-0.2, -0.15) is 0 Å². The van der Waals surface area contributed by atoms with E-state index >= 15 is 0 Å². The van der Waals surface area contributed by atoms with Crippen LogP contribution in [-0.4, -0.2) is 16.0 Å². The summed E-state index contributed by atoms with van der Waals surface area (Å²) >= 11 is 4.91. The topological polar surface area (TPSA) is 50.9 Å². The van der Waals surface area contributed by atoms with Gasteiger partial charge in [0.1, 0.15) is 10.8 Å². The van der Waals surface area contributed by atoms with Gasteiger partial charge >= 0.3 is 0 Å². The lowest BCUT2D eigenvalue weighted by atomic mass is 10.1. The molecule has 3 N–H and O–H groups in total.